The molecule has 0 fully saturated rings. The molecule has 27 heavy (non-hydrogen) atoms. The van der Waals surface area contributed by atoms with Crippen LogP contribution >= 0.6 is 11.3 Å². The van der Waals surface area contributed by atoms with E-state index in [4.69, 9.17) is 4.74 Å². The third-order valence-electron chi connectivity index (χ3n) is 4.04. The predicted octanol–water partition coefficient (Wildman–Crippen LogP) is 4.72. The summed E-state index contributed by atoms with van der Waals surface area (Å²) in [5.41, 5.74) is 3.59. The average Bonchev–Trinajstić information content (AvgIpc) is 3.07. The maximum Gasteiger partial charge on any atom is 0.263 e. The summed E-state index contributed by atoms with van der Waals surface area (Å²) in [4.78, 5) is 17.5. The first kappa shape index (κ1) is 19.2. The predicted molar refractivity (Wildman–Crippen MR) is 105 cm³/mol. The van der Waals surface area contributed by atoms with Gasteiger partial charge in [0.1, 0.15) is 15.7 Å². The topological polar surface area (TPSA) is 51.2 Å². The molecule has 0 aliphatic rings. The van der Waals surface area contributed by atoms with Gasteiger partial charge in [0.25, 0.3) is 5.91 Å². The molecule has 0 radical (unpaired) electrons. The molecule has 2 aromatic carbocycles. The zero-order chi connectivity index (χ0) is 19.2. The molecule has 0 unspecified atom stereocenters. The zero-order valence-corrected chi connectivity index (χ0v) is 16.1. The molecule has 4 nitrogen and oxygen atoms in total. The molecule has 0 aliphatic carbocycles. The van der Waals surface area contributed by atoms with Gasteiger partial charge in [-0.05, 0) is 49.2 Å². The monoisotopic (exact) mass is 384 g/mol. The maximum atomic E-state index is 13.1. The van der Waals surface area contributed by atoms with E-state index in [0.717, 1.165) is 16.7 Å². The number of carbonyl (C=O) groups is 1. The summed E-state index contributed by atoms with van der Waals surface area (Å²) < 4.78 is 18.5. The minimum Gasteiger partial charge on any atom is -0.377 e. The number of nitrogens with zero attached hydrogens (tertiary/aromatic N) is 1. The number of amides is 1. The maximum absolute atomic E-state index is 13.1. The third-order valence-corrected chi connectivity index (χ3v) is 5.25. The SMILES string of the molecule is CCOCc1ccc(CNC(=O)c2sc(-c3ccc(F)cc3)nc2C)cc1. The Kier molecular flexibility index (Phi) is 6.32. The van der Waals surface area contributed by atoms with Crippen molar-refractivity contribution in [3.8, 4) is 10.6 Å². The van der Waals surface area contributed by atoms with E-state index in [1.54, 1.807) is 19.1 Å². The Labute approximate surface area is 162 Å². The minimum atomic E-state index is -0.294. The molecule has 3 aromatic rings. The minimum absolute atomic E-state index is 0.156. The molecular formula is C21H21FN2O2S. The van der Waals surface area contributed by atoms with E-state index in [0.29, 0.717) is 35.3 Å². The van der Waals surface area contributed by atoms with Gasteiger partial charge in [-0.25, -0.2) is 9.37 Å². The first-order chi connectivity index (χ1) is 13.1. The highest BCUT2D eigenvalue weighted by molar-refractivity contribution is 7.17. The summed E-state index contributed by atoms with van der Waals surface area (Å²) in [7, 11) is 0. The number of carbonyl (C=O) groups excluding carboxylic acids is 1. The number of halogens is 1. The summed E-state index contributed by atoms with van der Waals surface area (Å²) in [6, 6.07) is 14.1. The Morgan fingerprint density at radius 2 is 1.78 bits per heavy atom. The fraction of sp³-hybridized carbons (Fsp3) is 0.238. The van der Waals surface area contributed by atoms with Crippen molar-refractivity contribution in [3.05, 3.63) is 76.0 Å². The lowest BCUT2D eigenvalue weighted by atomic mass is 10.1. The van der Waals surface area contributed by atoms with Gasteiger partial charge in [0.15, 0.2) is 0 Å². The largest absolute Gasteiger partial charge is 0.377 e. The highest BCUT2D eigenvalue weighted by Crippen LogP contribution is 2.28. The number of aryl methyl sites for hydroxylation is 1. The van der Waals surface area contributed by atoms with E-state index in [1.807, 2.05) is 31.2 Å². The molecule has 0 spiro atoms. The van der Waals surface area contributed by atoms with Gasteiger partial charge in [-0.2, -0.15) is 0 Å². The molecule has 3 rings (SSSR count). The van der Waals surface area contributed by atoms with Crippen molar-refractivity contribution in [2.24, 2.45) is 0 Å². The molecule has 140 valence electrons. The second-order valence-corrected chi connectivity index (χ2v) is 7.08. The molecule has 0 saturated carbocycles. The molecule has 1 amide bonds. The number of ether oxygens (including phenoxy) is 1. The summed E-state index contributed by atoms with van der Waals surface area (Å²) in [6.45, 7) is 5.49. The van der Waals surface area contributed by atoms with Gasteiger partial charge in [-0.1, -0.05) is 24.3 Å². The van der Waals surface area contributed by atoms with Crippen molar-refractivity contribution in [1.29, 1.82) is 0 Å². The zero-order valence-electron chi connectivity index (χ0n) is 15.3. The number of aromatic nitrogens is 1. The van der Waals surface area contributed by atoms with Crippen molar-refractivity contribution in [3.63, 3.8) is 0 Å². The van der Waals surface area contributed by atoms with Crippen LogP contribution in [0, 0.1) is 12.7 Å². The number of rotatable bonds is 7. The van der Waals surface area contributed by atoms with E-state index in [1.165, 1.54) is 23.5 Å². The summed E-state index contributed by atoms with van der Waals surface area (Å²) in [5, 5.41) is 3.64. The van der Waals surface area contributed by atoms with Crippen LogP contribution in [0.1, 0.15) is 33.4 Å². The number of hydrogen-bond donors (Lipinski definition) is 1. The molecule has 0 saturated heterocycles. The van der Waals surface area contributed by atoms with Crippen molar-refractivity contribution >= 4 is 17.2 Å². The molecule has 0 bridgehead atoms. The fourth-order valence-corrected chi connectivity index (χ4v) is 3.55. The summed E-state index contributed by atoms with van der Waals surface area (Å²) in [5.74, 6) is -0.450. The van der Waals surface area contributed by atoms with Crippen molar-refractivity contribution in [2.45, 2.75) is 27.0 Å². The van der Waals surface area contributed by atoms with Crippen LogP contribution in [-0.4, -0.2) is 17.5 Å². The van der Waals surface area contributed by atoms with E-state index < -0.39 is 0 Å². The number of hydrogen-bond acceptors (Lipinski definition) is 4. The van der Waals surface area contributed by atoms with Crippen LogP contribution in [0.2, 0.25) is 0 Å². The lowest BCUT2D eigenvalue weighted by Crippen LogP contribution is -2.22. The van der Waals surface area contributed by atoms with Gasteiger partial charge in [0.2, 0.25) is 0 Å². The standard InChI is InChI=1S/C21H21FN2O2S/c1-3-26-13-16-6-4-15(5-7-16)12-23-20(25)19-14(2)24-21(27-19)17-8-10-18(22)11-9-17/h4-11H,3,12-13H2,1-2H3,(H,23,25). The van der Waals surface area contributed by atoms with Crippen LogP contribution < -0.4 is 5.32 Å². The smallest absolute Gasteiger partial charge is 0.263 e. The lowest BCUT2D eigenvalue weighted by molar-refractivity contribution is 0.0954. The molecule has 1 aromatic heterocycles. The van der Waals surface area contributed by atoms with E-state index >= 15 is 0 Å². The van der Waals surface area contributed by atoms with Crippen LogP contribution in [0.25, 0.3) is 10.6 Å². The van der Waals surface area contributed by atoms with Crippen LogP contribution in [-0.2, 0) is 17.9 Å². The Hall–Kier alpha value is -2.57. The second kappa shape index (κ2) is 8.88. The van der Waals surface area contributed by atoms with E-state index in [9.17, 15) is 9.18 Å². The molecular weight excluding hydrogens is 363 g/mol. The van der Waals surface area contributed by atoms with Gasteiger partial charge in [-0.3, -0.25) is 4.79 Å². The first-order valence-electron chi connectivity index (χ1n) is 8.74. The molecule has 0 atom stereocenters. The second-order valence-electron chi connectivity index (χ2n) is 6.08. The van der Waals surface area contributed by atoms with Crippen LogP contribution in [0.3, 0.4) is 0 Å². The first-order valence-corrected chi connectivity index (χ1v) is 9.55. The van der Waals surface area contributed by atoms with Gasteiger partial charge in [-0.15, -0.1) is 11.3 Å². The molecule has 6 heteroatoms. The highest BCUT2D eigenvalue weighted by Gasteiger charge is 2.16. The molecule has 1 heterocycles. The Bertz CT molecular complexity index is 905. The quantitative estimate of drug-likeness (QED) is 0.641. The lowest BCUT2D eigenvalue weighted by Gasteiger charge is -2.06. The van der Waals surface area contributed by atoms with Crippen LogP contribution in [0.5, 0.6) is 0 Å². The van der Waals surface area contributed by atoms with Gasteiger partial charge in [0.05, 0.1) is 12.3 Å². The Balaban J connectivity index is 1.63. The number of nitrogens with one attached hydrogen (secondary N) is 1. The highest BCUT2D eigenvalue weighted by atomic mass is 32.1. The van der Waals surface area contributed by atoms with Gasteiger partial charge < -0.3 is 10.1 Å². The average molecular weight is 384 g/mol. The van der Waals surface area contributed by atoms with Gasteiger partial charge in [0, 0.05) is 18.7 Å². The van der Waals surface area contributed by atoms with Crippen molar-refractivity contribution < 1.29 is 13.9 Å². The third kappa shape index (κ3) is 4.99. The van der Waals surface area contributed by atoms with Crippen molar-refractivity contribution in [2.75, 3.05) is 6.61 Å². The number of benzene rings is 2. The Morgan fingerprint density at radius 3 is 2.44 bits per heavy atom. The van der Waals surface area contributed by atoms with Crippen molar-refractivity contribution in [1.82, 2.24) is 10.3 Å². The number of thiazole rings is 1. The summed E-state index contributed by atoms with van der Waals surface area (Å²) in [6.07, 6.45) is 0. The van der Waals surface area contributed by atoms with Gasteiger partial charge >= 0.3 is 0 Å². The van der Waals surface area contributed by atoms with Crippen LogP contribution in [0.4, 0.5) is 4.39 Å². The Morgan fingerprint density at radius 1 is 1.11 bits per heavy atom. The molecule has 1 N–H and O–H groups in total. The van der Waals surface area contributed by atoms with E-state index in [-0.39, 0.29) is 11.7 Å². The normalized spacial score (nSPS) is 10.8. The van der Waals surface area contributed by atoms with E-state index in [2.05, 4.69) is 10.3 Å². The molecule has 0 aliphatic heterocycles. The summed E-state index contributed by atoms with van der Waals surface area (Å²) >= 11 is 1.31. The van der Waals surface area contributed by atoms with Crippen LogP contribution in [0.15, 0.2) is 48.5 Å². The fourth-order valence-electron chi connectivity index (χ4n) is 2.56.